The van der Waals surface area contributed by atoms with Gasteiger partial charge in [0.05, 0.1) is 6.54 Å². The van der Waals surface area contributed by atoms with Gasteiger partial charge in [-0.25, -0.2) is 4.98 Å². The summed E-state index contributed by atoms with van der Waals surface area (Å²) in [6.07, 6.45) is 4.91. The fourth-order valence-corrected chi connectivity index (χ4v) is 2.07. The van der Waals surface area contributed by atoms with Crippen molar-refractivity contribution in [2.45, 2.75) is 19.4 Å². The van der Waals surface area contributed by atoms with E-state index in [-0.39, 0.29) is 5.91 Å². The van der Waals surface area contributed by atoms with Gasteiger partial charge in [0.2, 0.25) is 5.91 Å². The number of nitrogens with zero attached hydrogens (tertiary/aromatic N) is 1. The molecular weight excluding hydrogens is 228 g/mol. The predicted octanol–water partition coefficient (Wildman–Crippen LogP) is 1.91. The largest absolute Gasteiger partial charge is 0.378 e. The number of nitrogens with one attached hydrogen (secondary N) is 3. The number of benzene rings is 1. The number of amides is 1. The van der Waals surface area contributed by atoms with Gasteiger partial charge in [-0.3, -0.25) is 4.79 Å². The van der Waals surface area contributed by atoms with Crippen LogP contribution in [0.5, 0.6) is 0 Å². The minimum Gasteiger partial charge on any atom is -0.378 e. The van der Waals surface area contributed by atoms with Crippen molar-refractivity contribution in [1.29, 1.82) is 0 Å². The van der Waals surface area contributed by atoms with Crippen LogP contribution in [0.1, 0.15) is 17.8 Å². The normalized spacial score (nSPS) is 13.9. The summed E-state index contributed by atoms with van der Waals surface area (Å²) in [4.78, 5) is 18.5. The molecule has 1 aliphatic heterocycles. The summed E-state index contributed by atoms with van der Waals surface area (Å²) >= 11 is 0. The van der Waals surface area contributed by atoms with Gasteiger partial charge in [0.15, 0.2) is 0 Å². The van der Waals surface area contributed by atoms with Crippen LogP contribution in [0.25, 0.3) is 0 Å². The van der Waals surface area contributed by atoms with Crippen LogP contribution in [-0.2, 0) is 17.8 Å². The van der Waals surface area contributed by atoms with Crippen LogP contribution in [0, 0.1) is 0 Å². The van der Waals surface area contributed by atoms with Gasteiger partial charge in [-0.1, -0.05) is 0 Å². The highest BCUT2D eigenvalue weighted by atomic mass is 16.1. The highest BCUT2D eigenvalue weighted by molar-refractivity contribution is 5.94. The van der Waals surface area contributed by atoms with Gasteiger partial charge in [0, 0.05) is 30.2 Å². The van der Waals surface area contributed by atoms with Crippen LogP contribution in [0.2, 0.25) is 0 Å². The molecule has 18 heavy (non-hydrogen) atoms. The first-order valence-corrected chi connectivity index (χ1v) is 5.96. The number of anilines is 2. The Morgan fingerprint density at radius 3 is 3.11 bits per heavy atom. The minimum absolute atomic E-state index is 0.0961. The van der Waals surface area contributed by atoms with E-state index in [9.17, 15) is 4.79 Å². The fraction of sp³-hybridized carbons (Fsp3) is 0.231. The highest BCUT2D eigenvalue weighted by Crippen LogP contribution is 2.25. The van der Waals surface area contributed by atoms with Gasteiger partial charge < -0.3 is 15.6 Å². The number of aromatic nitrogens is 2. The summed E-state index contributed by atoms with van der Waals surface area (Å²) in [7, 11) is 0. The van der Waals surface area contributed by atoms with Crippen molar-refractivity contribution in [1.82, 2.24) is 9.97 Å². The molecule has 1 aliphatic rings. The van der Waals surface area contributed by atoms with Crippen LogP contribution >= 0.6 is 0 Å². The fourth-order valence-electron chi connectivity index (χ4n) is 2.07. The number of aryl methyl sites for hydroxylation is 1. The summed E-state index contributed by atoms with van der Waals surface area (Å²) in [5.41, 5.74) is 3.15. The second-order valence-corrected chi connectivity index (χ2v) is 4.31. The van der Waals surface area contributed by atoms with Crippen LogP contribution in [0.3, 0.4) is 0 Å². The number of aromatic amines is 1. The van der Waals surface area contributed by atoms with Crippen molar-refractivity contribution >= 4 is 17.3 Å². The van der Waals surface area contributed by atoms with E-state index in [0.717, 1.165) is 23.6 Å². The van der Waals surface area contributed by atoms with Gasteiger partial charge in [0.1, 0.15) is 5.82 Å². The van der Waals surface area contributed by atoms with Crippen LogP contribution in [-0.4, -0.2) is 15.9 Å². The molecule has 0 atom stereocenters. The molecule has 2 aromatic rings. The molecule has 5 nitrogen and oxygen atoms in total. The molecule has 1 aromatic carbocycles. The third-order valence-corrected chi connectivity index (χ3v) is 3.02. The molecule has 1 amide bonds. The third kappa shape index (κ3) is 2.20. The lowest BCUT2D eigenvalue weighted by atomic mass is 10.0. The molecular formula is C13H14N4O. The molecule has 1 aromatic heterocycles. The maximum absolute atomic E-state index is 11.3. The highest BCUT2D eigenvalue weighted by Gasteiger charge is 2.14. The number of H-pyrrole nitrogens is 1. The van der Waals surface area contributed by atoms with E-state index in [0.29, 0.717) is 13.0 Å². The lowest BCUT2D eigenvalue weighted by Crippen LogP contribution is -2.19. The third-order valence-electron chi connectivity index (χ3n) is 3.02. The van der Waals surface area contributed by atoms with Crippen LogP contribution < -0.4 is 10.6 Å². The number of rotatable bonds is 3. The maximum Gasteiger partial charge on any atom is 0.224 e. The molecule has 5 heteroatoms. The number of hydrogen-bond acceptors (Lipinski definition) is 3. The number of carbonyl (C=O) groups excluding carboxylic acids is 1. The lowest BCUT2D eigenvalue weighted by molar-refractivity contribution is -0.116. The Balaban J connectivity index is 1.72. The molecule has 0 saturated heterocycles. The molecule has 0 spiro atoms. The van der Waals surface area contributed by atoms with E-state index in [1.807, 2.05) is 12.1 Å². The Morgan fingerprint density at radius 1 is 1.33 bits per heavy atom. The summed E-state index contributed by atoms with van der Waals surface area (Å²) in [5.74, 6) is 1.000. The molecule has 0 bridgehead atoms. The summed E-state index contributed by atoms with van der Waals surface area (Å²) in [6.45, 7) is 0.665. The Bertz CT molecular complexity index is 562. The van der Waals surface area contributed by atoms with Gasteiger partial charge in [0.25, 0.3) is 0 Å². The Kier molecular flexibility index (Phi) is 2.72. The van der Waals surface area contributed by atoms with Crippen molar-refractivity contribution in [3.63, 3.8) is 0 Å². The Hall–Kier alpha value is -2.30. The quantitative estimate of drug-likeness (QED) is 0.770. The average molecular weight is 242 g/mol. The van der Waals surface area contributed by atoms with Crippen molar-refractivity contribution in [2.24, 2.45) is 0 Å². The van der Waals surface area contributed by atoms with E-state index in [4.69, 9.17) is 0 Å². The summed E-state index contributed by atoms with van der Waals surface area (Å²) in [6, 6.07) is 5.99. The second-order valence-electron chi connectivity index (χ2n) is 4.31. The zero-order valence-corrected chi connectivity index (χ0v) is 9.86. The maximum atomic E-state index is 11.3. The Labute approximate surface area is 105 Å². The van der Waals surface area contributed by atoms with E-state index in [1.54, 1.807) is 12.4 Å². The van der Waals surface area contributed by atoms with E-state index in [2.05, 4.69) is 26.7 Å². The second kappa shape index (κ2) is 4.52. The molecule has 92 valence electrons. The zero-order valence-electron chi connectivity index (χ0n) is 9.86. The first kappa shape index (κ1) is 10.8. The van der Waals surface area contributed by atoms with Gasteiger partial charge in [-0.2, -0.15) is 0 Å². The van der Waals surface area contributed by atoms with E-state index >= 15 is 0 Å². The number of carbonyl (C=O) groups is 1. The molecule has 0 radical (unpaired) electrons. The summed E-state index contributed by atoms with van der Waals surface area (Å²) < 4.78 is 0. The number of hydrogen-bond donors (Lipinski definition) is 3. The van der Waals surface area contributed by atoms with E-state index in [1.165, 1.54) is 5.56 Å². The van der Waals surface area contributed by atoms with Crippen molar-refractivity contribution in [3.8, 4) is 0 Å². The predicted molar refractivity (Wildman–Crippen MR) is 69.3 cm³/mol. The molecule has 3 N–H and O–H groups in total. The topological polar surface area (TPSA) is 69.8 Å². The first-order chi connectivity index (χ1) is 8.81. The molecule has 3 rings (SSSR count). The van der Waals surface area contributed by atoms with Gasteiger partial charge in [-0.15, -0.1) is 0 Å². The SMILES string of the molecule is O=C1CCc2cc(NCc3ncc[nH]3)ccc2N1. The lowest BCUT2D eigenvalue weighted by Gasteiger charge is -2.17. The number of fused-ring (bicyclic) bond motifs is 1. The van der Waals surface area contributed by atoms with Crippen LogP contribution in [0.4, 0.5) is 11.4 Å². The Morgan fingerprint density at radius 2 is 2.28 bits per heavy atom. The first-order valence-electron chi connectivity index (χ1n) is 5.96. The molecule has 2 heterocycles. The van der Waals surface area contributed by atoms with Crippen molar-refractivity contribution in [2.75, 3.05) is 10.6 Å². The monoisotopic (exact) mass is 242 g/mol. The zero-order chi connectivity index (χ0) is 12.4. The standard InChI is InChI=1S/C13H14N4O/c18-13-4-1-9-7-10(2-3-11(9)17-13)16-8-12-14-5-6-15-12/h2-3,5-7,16H,1,4,8H2,(H,14,15)(H,17,18). The minimum atomic E-state index is 0.0961. The van der Waals surface area contributed by atoms with Gasteiger partial charge in [-0.05, 0) is 30.2 Å². The van der Waals surface area contributed by atoms with Crippen molar-refractivity contribution in [3.05, 3.63) is 42.0 Å². The summed E-state index contributed by atoms with van der Waals surface area (Å²) in [5, 5.41) is 6.17. The number of imidazole rings is 1. The molecule has 0 saturated carbocycles. The molecule has 0 unspecified atom stereocenters. The van der Waals surface area contributed by atoms with Crippen LogP contribution in [0.15, 0.2) is 30.6 Å². The van der Waals surface area contributed by atoms with Crippen molar-refractivity contribution < 1.29 is 4.79 Å². The van der Waals surface area contributed by atoms with E-state index < -0.39 is 0 Å². The molecule has 0 fully saturated rings. The molecule has 0 aliphatic carbocycles. The van der Waals surface area contributed by atoms with Gasteiger partial charge >= 0.3 is 0 Å². The smallest absolute Gasteiger partial charge is 0.224 e. The average Bonchev–Trinajstić information content (AvgIpc) is 2.89.